The van der Waals surface area contributed by atoms with E-state index in [9.17, 15) is 9.59 Å². The fourth-order valence-electron chi connectivity index (χ4n) is 5.22. The van der Waals surface area contributed by atoms with Crippen molar-refractivity contribution in [3.05, 3.63) is 41.2 Å². The van der Waals surface area contributed by atoms with Crippen LogP contribution < -0.4 is 0 Å². The van der Waals surface area contributed by atoms with Gasteiger partial charge in [-0.15, -0.1) is 0 Å². The molecular formula is C31H47N5O3. The summed E-state index contributed by atoms with van der Waals surface area (Å²) in [5.41, 5.74) is 2.66. The fourth-order valence-corrected chi connectivity index (χ4v) is 5.22. The van der Waals surface area contributed by atoms with Gasteiger partial charge in [0.2, 0.25) is 0 Å². The average Bonchev–Trinajstić information content (AvgIpc) is 3.30. The van der Waals surface area contributed by atoms with Gasteiger partial charge in [0, 0.05) is 50.0 Å². The van der Waals surface area contributed by atoms with Crippen molar-refractivity contribution in [1.29, 1.82) is 0 Å². The molecule has 4 rings (SSSR count). The molecule has 0 bridgehead atoms. The standard InChI is InChI=1S/C31H47N5O3/c1-24(2)10-16-34(17-11-25(3)4)30(37)26-12-18-36-28(23-26)27(9-8-15-33-13-6-5-7-14-33)29(32-36)31(38)35-19-21-39-22-20-35/h8-9,12,18,23-25H,5-7,10-11,13-17,19-22H2,1-4H3/b9-8+. The number of morpholine rings is 1. The van der Waals surface area contributed by atoms with E-state index < -0.39 is 0 Å². The van der Waals surface area contributed by atoms with Gasteiger partial charge in [0.15, 0.2) is 5.69 Å². The summed E-state index contributed by atoms with van der Waals surface area (Å²) in [5.74, 6) is 1.02. The highest BCUT2D eigenvalue weighted by atomic mass is 16.5. The number of carbonyl (C=O) groups is 2. The van der Waals surface area contributed by atoms with Crippen LogP contribution in [0.5, 0.6) is 0 Å². The van der Waals surface area contributed by atoms with Gasteiger partial charge < -0.3 is 14.5 Å². The van der Waals surface area contributed by atoms with Gasteiger partial charge in [-0.25, -0.2) is 4.52 Å². The lowest BCUT2D eigenvalue weighted by Gasteiger charge is -2.26. The van der Waals surface area contributed by atoms with Crippen LogP contribution in [0.3, 0.4) is 0 Å². The lowest BCUT2D eigenvalue weighted by Crippen LogP contribution is -2.41. The first-order valence-corrected chi connectivity index (χ1v) is 14.9. The van der Waals surface area contributed by atoms with E-state index in [0.717, 1.165) is 56.6 Å². The van der Waals surface area contributed by atoms with Crippen molar-refractivity contribution in [1.82, 2.24) is 24.3 Å². The lowest BCUT2D eigenvalue weighted by atomic mass is 10.1. The largest absolute Gasteiger partial charge is 0.378 e. The Balaban J connectivity index is 1.65. The summed E-state index contributed by atoms with van der Waals surface area (Å²) >= 11 is 0. The molecule has 8 nitrogen and oxygen atoms in total. The van der Waals surface area contributed by atoms with E-state index >= 15 is 0 Å². The van der Waals surface area contributed by atoms with Crippen molar-refractivity contribution in [3.63, 3.8) is 0 Å². The van der Waals surface area contributed by atoms with Crippen molar-refractivity contribution >= 4 is 23.4 Å². The molecule has 8 heteroatoms. The molecule has 2 saturated heterocycles. The van der Waals surface area contributed by atoms with Gasteiger partial charge in [0.05, 0.1) is 18.7 Å². The highest BCUT2D eigenvalue weighted by molar-refractivity contribution is 6.00. The van der Waals surface area contributed by atoms with Crippen LogP contribution in [0.2, 0.25) is 0 Å². The SMILES string of the molecule is CC(C)CCN(CCC(C)C)C(=O)c1ccn2nc(C(=O)N3CCOCC3)c(/C=C/CN3CCCCC3)c2c1. The average molecular weight is 538 g/mol. The van der Waals surface area contributed by atoms with Crippen LogP contribution in [0.25, 0.3) is 11.6 Å². The van der Waals surface area contributed by atoms with Gasteiger partial charge in [-0.05, 0) is 62.7 Å². The van der Waals surface area contributed by atoms with Crippen LogP contribution in [0.1, 0.15) is 86.2 Å². The second-order valence-corrected chi connectivity index (χ2v) is 11.8. The van der Waals surface area contributed by atoms with E-state index in [1.807, 2.05) is 34.2 Å². The van der Waals surface area contributed by atoms with Gasteiger partial charge in [-0.1, -0.05) is 46.3 Å². The van der Waals surface area contributed by atoms with Gasteiger partial charge in [-0.3, -0.25) is 14.5 Å². The Hall–Kier alpha value is -2.71. The molecule has 0 radical (unpaired) electrons. The number of aromatic nitrogens is 2. The zero-order chi connectivity index (χ0) is 27.8. The molecule has 2 amide bonds. The Morgan fingerprint density at radius 2 is 1.67 bits per heavy atom. The molecule has 2 aromatic rings. The quantitative estimate of drug-likeness (QED) is 0.410. The fraction of sp³-hybridized carbons (Fsp3) is 0.645. The smallest absolute Gasteiger partial charge is 0.275 e. The highest BCUT2D eigenvalue weighted by Crippen LogP contribution is 2.23. The first kappa shape index (κ1) is 29.3. The number of hydrogen-bond donors (Lipinski definition) is 0. The van der Waals surface area contributed by atoms with Crippen molar-refractivity contribution in [2.45, 2.75) is 59.8 Å². The number of piperidine rings is 1. The summed E-state index contributed by atoms with van der Waals surface area (Å²) in [7, 11) is 0. The third-order valence-electron chi connectivity index (χ3n) is 7.76. The van der Waals surface area contributed by atoms with Crippen molar-refractivity contribution in [2.75, 3.05) is 59.0 Å². The molecular weight excluding hydrogens is 490 g/mol. The Kier molecular flexibility index (Phi) is 10.6. The first-order valence-electron chi connectivity index (χ1n) is 14.9. The van der Waals surface area contributed by atoms with E-state index in [2.05, 4.69) is 38.7 Å². The molecule has 39 heavy (non-hydrogen) atoms. The first-order chi connectivity index (χ1) is 18.8. The molecule has 2 aromatic heterocycles. The third-order valence-corrected chi connectivity index (χ3v) is 7.76. The number of pyridine rings is 1. The summed E-state index contributed by atoms with van der Waals surface area (Å²) in [6.07, 6.45) is 11.7. The van der Waals surface area contributed by atoms with E-state index in [1.165, 1.54) is 19.3 Å². The number of hydrogen-bond acceptors (Lipinski definition) is 5. The summed E-state index contributed by atoms with van der Waals surface area (Å²) < 4.78 is 7.21. The van der Waals surface area contributed by atoms with Gasteiger partial charge in [0.25, 0.3) is 11.8 Å². The second-order valence-electron chi connectivity index (χ2n) is 11.8. The van der Waals surface area contributed by atoms with Crippen LogP contribution >= 0.6 is 0 Å². The Morgan fingerprint density at radius 3 is 2.31 bits per heavy atom. The molecule has 0 saturated carbocycles. The molecule has 0 N–H and O–H groups in total. The Morgan fingerprint density at radius 1 is 1.00 bits per heavy atom. The van der Waals surface area contributed by atoms with Crippen LogP contribution in [-0.4, -0.2) is 95.2 Å². The molecule has 0 aliphatic carbocycles. The topological polar surface area (TPSA) is 70.4 Å². The predicted molar refractivity (Wildman–Crippen MR) is 156 cm³/mol. The van der Waals surface area contributed by atoms with Gasteiger partial charge >= 0.3 is 0 Å². The Bertz CT molecular complexity index is 1110. The summed E-state index contributed by atoms with van der Waals surface area (Å²) in [6.45, 7) is 15.5. The maximum Gasteiger partial charge on any atom is 0.275 e. The highest BCUT2D eigenvalue weighted by Gasteiger charge is 2.26. The zero-order valence-electron chi connectivity index (χ0n) is 24.4. The van der Waals surface area contributed by atoms with Crippen LogP contribution in [-0.2, 0) is 4.74 Å². The number of fused-ring (bicyclic) bond motifs is 1. The van der Waals surface area contributed by atoms with E-state index in [-0.39, 0.29) is 11.8 Å². The maximum atomic E-state index is 13.7. The predicted octanol–water partition coefficient (Wildman–Crippen LogP) is 4.84. The monoisotopic (exact) mass is 537 g/mol. The van der Waals surface area contributed by atoms with Crippen LogP contribution in [0.4, 0.5) is 0 Å². The normalized spacial score (nSPS) is 17.1. The van der Waals surface area contributed by atoms with Crippen LogP contribution in [0.15, 0.2) is 24.4 Å². The maximum absolute atomic E-state index is 13.7. The molecule has 2 aliphatic rings. The second kappa shape index (κ2) is 14.1. The minimum Gasteiger partial charge on any atom is -0.378 e. The van der Waals surface area contributed by atoms with Gasteiger partial charge in [-0.2, -0.15) is 5.10 Å². The third kappa shape index (κ3) is 7.92. The number of nitrogens with zero attached hydrogens (tertiary/aromatic N) is 5. The van der Waals surface area contributed by atoms with E-state index in [1.54, 1.807) is 4.52 Å². The molecule has 4 heterocycles. The molecule has 2 aliphatic heterocycles. The molecule has 0 unspecified atom stereocenters. The van der Waals surface area contributed by atoms with Crippen molar-refractivity contribution in [3.8, 4) is 0 Å². The number of ether oxygens (including phenoxy) is 1. The summed E-state index contributed by atoms with van der Waals surface area (Å²) in [5, 5.41) is 4.71. The molecule has 0 aromatic carbocycles. The number of rotatable bonds is 11. The minimum atomic E-state index is -0.0806. The summed E-state index contributed by atoms with van der Waals surface area (Å²) in [4.78, 5) is 33.5. The van der Waals surface area contributed by atoms with Crippen molar-refractivity contribution < 1.29 is 14.3 Å². The van der Waals surface area contributed by atoms with Crippen LogP contribution in [0, 0.1) is 11.8 Å². The van der Waals surface area contributed by atoms with E-state index in [4.69, 9.17) is 9.84 Å². The minimum absolute atomic E-state index is 0.0457. The summed E-state index contributed by atoms with van der Waals surface area (Å²) in [6, 6.07) is 3.76. The molecule has 214 valence electrons. The molecule has 0 spiro atoms. The zero-order valence-corrected chi connectivity index (χ0v) is 24.4. The van der Waals surface area contributed by atoms with Crippen molar-refractivity contribution in [2.24, 2.45) is 11.8 Å². The number of likely N-dealkylation sites (tertiary alicyclic amines) is 1. The number of amides is 2. The Labute approximate surface area is 234 Å². The number of carbonyl (C=O) groups excluding carboxylic acids is 2. The van der Waals surface area contributed by atoms with E-state index in [0.29, 0.717) is 49.4 Å². The van der Waals surface area contributed by atoms with Gasteiger partial charge in [0.1, 0.15) is 0 Å². The molecule has 2 fully saturated rings. The molecule has 0 atom stereocenters. The lowest BCUT2D eigenvalue weighted by molar-refractivity contribution is 0.0298.